The number of benzene rings is 2. The van der Waals surface area contributed by atoms with Crippen molar-refractivity contribution in [3.05, 3.63) is 90.5 Å². The third-order valence-electron chi connectivity index (χ3n) is 4.89. The molecule has 0 amide bonds. The van der Waals surface area contributed by atoms with E-state index in [1.165, 1.54) is 4.57 Å². The van der Waals surface area contributed by atoms with Crippen molar-refractivity contribution in [1.29, 1.82) is 0 Å². The van der Waals surface area contributed by atoms with Gasteiger partial charge in [0.05, 0.1) is 6.54 Å². The van der Waals surface area contributed by atoms with Crippen LogP contribution in [0.15, 0.2) is 58.1 Å². The van der Waals surface area contributed by atoms with E-state index in [0.717, 1.165) is 10.1 Å². The molecule has 0 aliphatic rings. The number of hydrogen-bond acceptors (Lipinski definition) is 4. The van der Waals surface area contributed by atoms with E-state index in [0.29, 0.717) is 15.6 Å². The number of rotatable bonds is 5. The first-order valence-corrected chi connectivity index (χ1v) is 9.89. The highest BCUT2D eigenvalue weighted by atomic mass is 35.5. The number of imidazole rings is 1. The number of aryl methyl sites for hydroxylation is 2. The van der Waals surface area contributed by atoms with Gasteiger partial charge in [0.2, 0.25) is 0 Å². The Morgan fingerprint density at radius 1 is 0.967 bits per heavy atom. The van der Waals surface area contributed by atoms with Gasteiger partial charge in [-0.25, -0.2) is 4.79 Å². The third kappa shape index (κ3) is 3.62. The maximum Gasteiger partial charge on any atom is 0.332 e. The fourth-order valence-electron chi connectivity index (χ4n) is 3.22. The molecule has 2 heterocycles. The summed E-state index contributed by atoms with van der Waals surface area (Å²) in [5, 5.41) is 1.12. The average molecular weight is 445 g/mol. The first kappa shape index (κ1) is 20.3. The molecule has 0 unspecified atom stereocenters. The van der Waals surface area contributed by atoms with Crippen molar-refractivity contribution >= 4 is 34.4 Å². The molecule has 0 bridgehead atoms. The maximum atomic E-state index is 13.1. The second-order valence-electron chi connectivity index (χ2n) is 6.87. The molecule has 0 N–H and O–H groups in total. The lowest BCUT2D eigenvalue weighted by atomic mass is 10.2. The van der Waals surface area contributed by atoms with E-state index in [-0.39, 0.29) is 30.3 Å². The number of aromatic nitrogens is 4. The van der Waals surface area contributed by atoms with Gasteiger partial charge >= 0.3 is 5.69 Å². The molecule has 0 saturated carbocycles. The fraction of sp³-hybridized carbons (Fsp3) is 0.190. The first-order valence-electron chi connectivity index (χ1n) is 9.13. The van der Waals surface area contributed by atoms with Crippen molar-refractivity contribution in [2.24, 2.45) is 14.1 Å². The van der Waals surface area contributed by atoms with E-state index in [4.69, 9.17) is 27.9 Å². The van der Waals surface area contributed by atoms with Crippen LogP contribution < -0.4 is 16.0 Å². The predicted molar refractivity (Wildman–Crippen MR) is 117 cm³/mol. The zero-order valence-electron chi connectivity index (χ0n) is 16.3. The van der Waals surface area contributed by atoms with E-state index < -0.39 is 11.2 Å². The lowest BCUT2D eigenvalue weighted by molar-refractivity contribution is 0.273. The Bertz CT molecular complexity index is 1350. The molecule has 4 aromatic rings. The van der Waals surface area contributed by atoms with Crippen LogP contribution in [0.4, 0.5) is 0 Å². The van der Waals surface area contributed by atoms with E-state index in [1.807, 2.05) is 18.2 Å². The van der Waals surface area contributed by atoms with Gasteiger partial charge in [-0.15, -0.1) is 0 Å². The molecule has 0 fully saturated rings. The Morgan fingerprint density at radius 3 is 2.37 bits per heavy atom. The second kappa shape index (κ2) is 8.01. The third-order valence-corrected chi connectivity index (χ3v) is 5.51. The van der Waals surface area contributed by atoms with Crippen molar-refractivity contribution in [2.75, 3.05) is 0 Å². The summed E-state index contributed by atoms with van der Waals surface area (Å²) in [6.07, 6.45) is 0. The zero-order chi connectivity index (χ0) is 21.4. The Balaban J connectivity index is 1.75. The molecule has 4 rings (SSSR count). The van der Waals surface area contributed by atoms with E-state index in [1.54, 1.807) is 49.0 Å². The molecule has 9 heteroatoms. The number of halogens is 2. The number of ether oxygens (including phenoxy) is 1. The molecule has 0 spiro atoms. The molecular formula is C21H18Cl2N4O3. The minimum atomic E-state index is -0.477. The van der Waals surface area contributed by atoms with E-state index in [9.17, 15) is 9.59 Å². The summed E-state index contributed by atoms with van der Waals surface area (Å²) >= 11 is 12.1. The van der Waals surface area contributed by atoms with Gasteiger partial charge < -0.3 is 4.74 Å². The van der Waals surface area contributed by atoms with Crippen LogP contribution in [0, 0.1) is 0 Å². The Hall–Kier alpha value is -3.03. The van der Waals surface area contributed by atoms with Gasteiger partial charge in [-0.3, -0.25) is 18.5 Å². The highest BCUT2D eigenvalue weighted by Gasteiger charge is 2.20. The van der Waals surface area contributed by atoms with Crippen LogP contribution in [0.5, 0.6) is 6.01 Å². The van der Waals surface area contributed by atoms with Gasteiger partial charge in [0.25, 0.3) is 11.6 Å². The molecule has 7 nitrogen and oxygen atoms in total. The van der Waals surface area contributed by atoms with Gasteiger partial charge in [-0.2, -0.15) is 4.98 Å². The van der Waals surface area contributed by atoms with Crippen LogP contribution in [-0.2, 0) is 27.2 Å². The minimum absolute atomic E-state index is 0.0628. The van der Waals surface area contributed by atoms with Gasteiger partial charge in [0.1, 0.15) is 6.61 Å². The molecular weight excluding hydrogens is 427 g/mol. The van der Waals surface area contributed by atoms with Crippen molar-refractivity contribution in [2.45, 2.75) is 13.2 Å². The zero-order valence-corrected chi connectivity index (χ0v) is 17.8. The SMILES string of the molecule is Cn1c(OCc2ccc(Cl)cc2)nc2c1c(=O)n(Cc1ccccc1Cl)c(=O)n2C. The number of nitrogens with zero attached hydrogens (tertiary/aromatic N) is 4. The Labute approximate surface area is 181 Å². The Kier molecular flexibility index (Phi) is 5.40. The predicted octanol–water partition coefficient (Wildman–Crippen LogP) is 3.37. The number of hydrogen-bond donors (Lipinski definition) is 0. The lowest BCUT2D eigenvalue weighted by Crippen LogP contribution is -2.39. The van der Waals surface area contributed by atoms with Crippen LogP contribution in [0.3, 0.4) is 0 Å². The monoisotopic (exact) mass is 444 g/mol. The van der Waals surface area contributed by atoms with Gasteiger partial charge in [0, 0.05) is 24.1 Å². The normalized spacial score (nSPS) is 11.2. The number of fused-ring (bicyclic) bond motifs is 1. The molecule has 0 aliphatic carbocycles. The molecule has 0 aliphatic heterocycles. The molecule has 30 heavy (non-hydrogen) atoms. The van der Waals surface area contributed by atoms with Crippen LogP contribution in [0.25, 0.3) is 11.2 Å². The summed E-state index contributed by atoms with van der Waals surface area (Å²) in [6.45, 7) is 0.309. The molecule has 154 valence electrons. The Morgan fingerprint density at radius 2 is 1.67 bits per heavy atom. The quantitative estimate of drug-likeness (QED) is 0.473. The van der Waals surface area contributed by atoms with Crippen molar-refractivity contribution < 1.29 is 4.74 Å². The average Bonchev–Trinajstić information content (AvgIpc) is 3.07. The van der Waals surface area contributed by atoms with Crippen LogP contribution in [0.1, 0.15) is 11.1 Å². The molecule has 2 aromatic carbocycles. The van der Waals surface area contributed by atoms with Crippen molar-refractivity contribution in [3.8, 4) is 6.01 Å². The second-order valence-corrected chi connectivity index (χ2v) is 7.71. The molecule has 2 aromatic heterocycles. The summed E-state index contributed by atoms with van der Waals surface area (Å²) in [7, 11) is 3.25. The van der Waals surface area contributed by atoms with Crippen molar-refractivity contribution in [3.63, 3.8) is 0 Å². The topological polar surface area (TPSA) is 71.1 Å². The summed E-state index contributed by atoms with van der Waals surface area (Å²) in [6, 6.07) is 14.6. The highest BCUT2D eigenvalue weighted by Crippen LogP contribution is 2.19. The summed E-state index contributed by atoms with van der Waals surface area (Å²) in [4.78, 5) is 30.3. The van der Waals surface area contributed by atoms with E-state index in [2.05, 4.69) is 4.98 Å². The first-order chi connectivity index (χ1) is 14.4. The largest absolute Gasteiger partial charge is 0.460 e. The molecule has 0 radical (unpaired) electrons. The molecule has 0 atom stereocenters. The van der Waals surface area contributed by atoms with Crippen LogP contribution in [0.2, 0.25) is 10.0 Å². The van der Waals surface area contributed by atoms with Crippen LogP contribution >= 0.6 is 23.2 Å². The summed E-state index contributed by atoms with van der Waals surface area (Å²) in [5.41, 5.74) is 1.18. The van der Waals surface area contributed by atoms with Gasteiger partial charge in [0.15, 0.2) is 11.2 Å². The maximum absolute atomic E-state index is 13.1. The smallest absolute Gasteiger partial charge is 0.332 e. The standard InChI is InChI=1S/C21H18Cl2N4O3/c1-25-17-18(24-20(25)30-12-13-7-9-15(22)10-8-13)26(2)21(29)27(19(17)28)11-14-5-3-4-6-16(14)23/h3-10H,11-12H2,1-2H3. The highest BCUT2D eigenvalue weighted by molar-refractivity contribution is 6.31. The van der Waals surface area contributed by atoms with Gasteiger partial charge in [-0.05, 0) is 29.3 Å². The lowest BCUT2D eigenvalue weighted by Gasteiger charge is -2.09. The van der Waals surface area contributed by atoms with Gasteiger partial charge in [-0.1, -0.05) is 53.5 Å². The fourth-order valence-corrected chi connectivity index (χ4v) is 3.54. The van der Waals surface area contributed by atoms with Crippen LogP contribution in [-0.4, -0.2) is 18.7 Å². The van der Waals surface area contributed by atoms with E-state index >= 15 is 0 Å². The molecule has 0 saturated heterocycles. The summed E-state index contributed by atoms with van der Waals surface area (Å²) < 4.78 is 9.83. The summed E-state index contributed by atoms with van der Waals surface area (Å²) in [5.74, 6) is 0. The minimum Gasteiger partial charge on any atom is -0.460 e. The van der Waals surface area contributed by atoms with Crippen molar-refractivity contribution in [1.82, 2.24) is 18.7 Å².